The monoisotopic (exact) mass is 382 g/mol. The molecule has 1 amide bonds. The topological polar surface area (TPSA) is 111 Å². The van der Waals surface area contributed by atoms with Gasteiger partial charge in [0.15, 0.2) is 0 Å². The van der Waals surface area contributed by atoms with Crippen LogP contribution in [0.1, 0.15) is 0 Å². The zero-order chi connectivity index (χ0) is 16.6. The highest BCUT2D eigenvalue weighted by molar-refractivity contribution is 9.10. The van der Waals surface area contributed by atoms with Crippen molar-refractivity contribution in [2.24, 2.45) is 0 Å². The Bertz CT molecular complexity index is 760. The SMILES string of the molecule is O=C(O)N(c1ccc(Br)cc1)[C@@H]1COc2nc([N+](=O)[O-])cn2C1. The summed E-state index contributed by atoms with van der Waals surface area (Å²) in [6.45, 7) is 0.287. The largest absolute Gasteiger partial charge is 0.465 e. The molecule has 0 saturated heterocycles. The number of hydrogen-bond donors (Lipinski definition) is 1. The van der Waals surface area contributed by atoms with Gasteiger partial charge >= 0.3 is 17.9 Å². The van der Waals surface area contributed by atoms with Crippen LogP contribution in [-0.2, 0) is 6.54 Å². The van der Waals surface area contributed by atoms with Crippen LogP contribution in [0.25, 0.3) is 0 Å². The number of ether oxygens (including phenoxy) is 1. The summed E-state index contributed by atoms with van der Waals surface area (Å²) in [6, 6.07) is 6.42. The van der Waals surface area contributed by atoms with E-state index in [1.807, 2.05) is 0 Å². The molecule has 0 fully saturated rings. The molecule has 0 aliphatic carbocycles. The van der Waals surface area contributed by atoms with E-state index in [1.54, 1.807) is 24.3 Å². The molecule has 1 atom stereocenters. The van der Waals surface area contributed by atoms with Crippen LogP contribution in [0.3, 0.4) is 0 Å². The number of rotatable bonds is 3. The van der Waals surface area contributed by atoms with Gasteiger partial charge in [0.2, 0.25) is 0 Å². The van der Waals surface area contributed by atoms with Crippen LogP contribution in [0.2, 0.25) is 0 Å². The first kappa shape index (κ1) is 15.3. The number of hydrogen-bond acceptors (Lipinski definition) is 5. The summed E-state index contributed by atoms with van der Waals surface area (Å²) in [4.78, 5) is 26.7. The van der Waals surface area contributed by atoms with E-state index in [2.05, 4.69) is 20.9 Å². The number of halogens is 1. The Kier molecular flexibility index (Phi) is 3.90. The van der Waals surface area contributed by atoms with E-state index in [1.165, 1.54) is 15.7 Å². The van der Waals surface area contributed by atoms with Crippen LogP contribution in [0.5, 0.6) is 6.01 Å². The van der Waals surface area contributed by atoms with Gasteiger partial charge in [0.05, 0.1) is 12.6 Å². The molecule has 0 bridgehead atoms. The lowest BCUT2D eigenvalue weighted by Crippen LogP contribution is -2.47. The van der Waals surface area contributed by atoms with Gasteiger partial charge in [-0.1, -0.05) is 15.9 Å². The molecule has 0 saturated carbocycles. The summed E-state index contributed by atoms with van der Waals surface area (Å²) >= 11 is 3.30. The summed E-state index contributed by atoms with van der Waals surface area (Å²) in [5, 5.41) is 20.3. The minimum absolute atomic E-state index is 0.0660. The van der Waals surface area contributed by atoms with Gasteiger partial charge in [0.25, 0.3) is 0 Å². The summed E-state index contributed by atoms with van der Waals surface area (Å²) < 4.78 is 7.65. The summed E-state index contributed by atoms with van der Waals surface area (Å²) in [7, 11) is 0. The fourth-order valence-electron chi connectivity index (χ4n) is 2.41. The zero-order valence-corrected chi connectivity index (χ0v) is 13.2. The Morgan fingerprint density at radius 1 is 1.48 bits per heavy atom. The molecule has 2 heterocycles. The maximum absolute atomic E-state index is 11.6. The average Bonchev–Trinajstić information content (AvgIpc) is 2.93. The van der Waals surface area contributed by atoms with Gasteiger partial charge in [-0.3, -0.25) is 9.47 Å². The number of fused-ring (bicyclic) bond motifs is 1. The van der Waals surface area contributed by atoms with Gasteiger partial charge in [-0.25, -0.2) is 4.79 Å². The van der Waals surface area contributed by atoms with E-state index in [0.29, 0.717) is 5.69 Å². The second kappa shape index (κ2) is 5.88. The fraction of sp³-hybridized carbons (Fsp3) is 0.231. The predicted octanol–water partition coefficient (Wildman–Crippen LogP) is 2.50. The third-order valence-electron chi connectivity index (χ3n) is 3.40. The van der Waals surface area contributed by atoms with E-state index in [-0.39, 0.29) is 25.0 Å². The third-order valence-corrected chi connectivity index (χ3v) is 3.93. The average molecular weight is 383 g/mol. The van der Waals surface area contributed by atoms with Crippen LogP contribution in [0.4, 0.5) is 16.3 Å². The summed E-state index contributed by atoms with van der Waals surface area (Å²) in [5.74, 6) is -0.328. The first-order chi connectivity index (χ1) is 11.0. The minimum Gasteiger partial charge on any atom is -0.465 e. The Balaban J connectivity index is 1.88. The van der Waals surface area contributed by atoms with E-state index in [9.17, 15) is 20.0 Å². The number of nitro groups is 1. The van der Waals surface area contributed by atoms with Crippen molar-refractivity contribution in [1.29, 1.82) is 0 Å². The first-order valence-electron chi connectivity index (χ1n) is 6.58. The van der Waals surface area contributed by atoms with Crippen molar-refractivity contribution >= 4 is 33.5 Å². The number of carbonyl (C=O) groups is 1. The standard InChI is InChI=1S/C13H11BrN4O5/c14-8-1-3-9(4-2-8)17(13(19)20)10-5-16-6-11(18(21)22)15-12(16)23-7-10/h1-4,6,10H,5,7H2,(H,19,20)/t10-/m0/s1. The van der Waals surface area contributed by atoms with Crippen LogP contribution in [-0.4, -0.2) is 38.3 Å². The quantitative estimate of drug-likeness (QED) is 0.644. The number of anilines is 1. The highest BCUT2D eigenvalue weighted by Crippen LogP contribution is 2.27. The van der Waals surface area contributed by atoms with Gasteiger partial charge in [0.1, 0.15) is 12.8 Å². The smallest absolute Gasteiger partial charge is 0.414 e. The van der Waals surface area contributed by atoms with Gasteiger partial charge in [-0.2, -0.15) is 0 Å². The minimum atomic E-state index is -1.13. The maximum atomic E-state index is 11.6. The molecule has 1 aliphatic heterocycles. The van der Waals surface area contributed by atoms with E-state index < -0.39 is 17.1 Å². The molecule has 10 heteroatoms. The lowest BCUT2D eigenvalue weighted by Gasteiger charge is -2.31. The number of imidazole rings is 1. The predicted molar refractivity (Wildman–Crippen MR) is 82.8 cm³/mol. The van der Waals surface area contributed by atoms with Crippen LogP contribution in [0, 0.1) is 10.1 Å². The normalized spacial score (nSPS) is 16.3. The van der Waals surface area contributed by atoms with Crippen LogP contribution >= 0.6 is 15.9 Å². The molecular formula is C13H11BrN4O5. The number of benzene rings is 1. The lowest BCUT2D eigenvalue weighted by atomic mass is 10.2. The molecule has 0 radical (unpaired) electrons. The first-order valence-corrected chi connectivity index (χ1v) is 7.37. The zero-order valence-electron chi connectivity index (χ0n) is 11.6. The molecule has 0 unspecified atom stereocenters. The number of carboxylic acid groups (broad SMARTS) is 1. The highest BCUT2D eigenvalue weighted by Gasteiger charge is 2.33. The second-order valence-electron chi connectivity index (χ2n) is 4.88. The molecule has 120 valence electrons. The van der Waals surface area contributed by atoms with Gasteiger partial charge < -0.3 is 20.0 Å². The van der Waals surface area contributed by atoms with Crippen molar-refractivity contribution in [3.63, 3.8) is 0 Å². The molecule has 9 nitrogen and oxygen atoms in total. The van der Waals surface area contributed by atoms with Gasteiger partial charge in [0, 0.05) is 15.1 Å². The van der Waals surface area contributed by atoms with E-state index in [4.69, 9.17) is 4.74 Å². The van der Waals surface area contributed by atoms with Gasteiger partial charge in [-0.05, 0) is 29.2 Å². The maximum Gasteiger partial charge on any atom is 0.414 e. The molecule has 1 aliphatic rings. The van der Waals surface area contributed by atoms with Crippen LogP contribution < -0.4 is 9.64 Å². The lowest BCUT2D eigenvalue weighted by molar-refractivity contribution is -0.389. The van der Waals surface area contributed by atoms with E-state index in [0.717, 1.165) is 4.47 Å². The van der Waals surface area contributed by atoms with Gasteiger partial charge in [-0.15, -0.1) is 0 Å². The highest BCUT2D eigenvalue weighted by atomic mass is 79.9. The molecule has 1 N–H and O–H groups in total. The number of amides is 1. The number of nitrogens with zero attached hydrogens (tertiary/aromatic N) is 4. The number of aromatic nitrogens is 2. The molecule has 23 heavy (non-hydrogen) atoms. The Labute approximate surface area is 138 Å². The molecule has 0 spiro atoms. The third kappa shape index (κ3) is 2.97. The Morgan fingerprint density at radius 2 is 2.17 bits per heavy atom. The van der Waals surface area contributed by atoms with Crippen molar-refractivity contribution in [2.45, 2.75) is 12.6 Å². The molecule has 3 rings (SSSR count). The molecule has 2 aromatic rings. The second-order valence-corrected chi connectivity index (χ2v) is 5.80. The summed E-state index contributed by atoms with van der Waals surface area (Å²) in [6.07, 6.45) is 0.113. The van der Waals surface area contributed by atoms with Crippen molar-refractivity contribution in [1.82, 2.24) is 9.55 Å². The van der Waals surface area contributed by atoms with Crippen molar-refractivity contribution in [3.05, 3.63) is 45.0 Å². The van der Waals surface area contributed by atoms with Crippen molar-refractivity contribution in [2.75, 3.05) is 11.5 Å². The Hall–Kier alpha value is -2.62. The molecule has 1 aromatic heterocycles. The van der Waals surface area contributed by atoms with E-state index >= 15 is 0 Å². The summed E-state index contributed by atoms with van der Waals surface area (Å²) in [5.41, 5.74) is 0.493. The molecular weight excluding hydrogens is 372 g/mol. The van der Waals surface area contributed by atoms with Crippen molar-refractivity contribution < 1.29 is 19.6 Å². The molecule has 1 aromatic carbocycles. The Morgan fingerprint density at radius 3 is 2.78 bits per heavy atom. The van der Waals surface area contributed by atoms with Crippen molar-refractivity contribution in [3.8, 4) is 6.01 Å². The van der Waals surface area contributed by atoms with Crippen LogP contribution in [0.15, 0.2) is 34.9 Å². The fourth-order valence-corrected chi connectivity index (χ4v) is 2.67.